The summed E-state index contributed by atoms with van der Waals surface area (Å²) < 4.78 is 6.98. The van der Waals surface area contributed by atoms with Crippen LogP contribution in [0, 0.1) is 0 Å². The van der Waals surface area contributed by atoms with Gasteiger partial charge in [0.15, 0.2) is 5.16 Å². The van der Waals surface area contributed by atoms with Crippen LogP contribution in [-0.4, -0.2) is 50.8 Å². The highest BCUT2D eigenvalue weighted by molar-refractivity contribution is 7.99. The fourth-order valence-corrected chi connectivity index (χ4v) is 2.69. The first kappa shape index (κ1) is 17.1. The van der Waals surface area contributed by atoms with E-state index in [1.807, 2.05) is 11.5 Å². The average Bonchev–Trinajstić information content (AvgIpc) is 3.21. The van der Waals surface area contributed by atoms with Crippen molar-refractivity contribution in [1.29, 1.82) is 0 Å². The van der Waals surface area contributed by atoms with Crippen LogP contribution in [0.25, 0.3) is 0 Å². The summed E-state index contributed by atoms with van der Waals surface area (Å²) in [4.78, 5) is 25.2. The number of hydrogen-bond acceptors (Lipinski definition) is 6. The van der Waals surface area contributed by atoms with Crippen LogP contribution in [0.4, 0.5) is 0 Å². The number of amides is 2. The molecule has 0 saturated heterocycles. The predicted octanol–water partition coefficient (Wildman–Crippen LogP) is 0.758. The van der Waals surface area contributed by atoms with Crippen LogP contribution in [0.1, 0.15) is 12.7 Å². The molecule has 0 aromatic carbocycles. The molecule has 23 heavy (non-hydrogen) atoms. The molecule has 0 saturated carbocycles. The minimum atomic E-state index is -0.237. The number of likely N-dealkylation sites (N-methyl/N-ethyl adjacent to an activating group) is 1. The Morgan fingerprint density at radius 2 is 2.30 bits per heavy atom. The van der Waals surface area contributed by atoms with E-state index in [9.17, 15) is 9.59 Å². The molecule has 124 valence electrons. The quantitative estimate of drug-likeness (QED) is 0.715. The van der Waals surface area contributed by atoms with Gasteiger partial charge in [-0.1, -0.05) is 11.8 Å². The number of hydrogen-bond donors (Lipinski definition) is 1. The summed E-state index contributed by atoms with van der Waals surface area (Å²) in [6.07, 6.45) is 3.17. The molecule has 9 heteroatoms. The lowest BCUT2D eigenvalue weighted by molar-refractivity contribution is -0.132. The summed E-state index contributed by atoms with van der Waals surface area (Å²) >= 11 is 1.30. The number of thioether (sulfide) groups is 1. The van der Waals surface area contributed by atoms with Crippen molar-refractivity contribution in [2.45, 2.75) is 25.2 Å². The Bertz CT molecular complexity index is 641. The van der Waals surface area contributed by atoms with E-state index >= 15 is 0 Å². The maximum absolute atomic E-state index is 12.1. The molecule has 0 radical (unpaired) electrons. The van der Waals surface area contributed by atoms with Gasteiger partial charge in [-0.2, -0.15) is 0 Å². The standard InChI is InChI=1S/C14H19N5O3S/c1-3-19-10-16-17-14(19)23-9-13(21)18(2)8-12(20)15-7-11-5-4-6-22-11/h4-6,10H,3,7-9H2,1-2H3,(H,15,20). The lowest BCUT2D eigenvalue weighted by atomic mass is 10.4. The highest BCUT2D eigenvalue weighted by atomic mass is 32.2. The van der Waals surface area contributed by atoms with Crippen molar-refractivity contribution in [3.8, 4) is 0 Å². The smallest absolute Gasteiger partial charge is 0.239 e. The van der Waals surface area contributed by atoms with E-state index in [2.05, 4.69) is 15.5 Å². The Hall–Kier alpha value is -2.29. The number of aryl methyl sites for hydroxylation is 1. The maximum Gasteiger partial charge on any atom is 0.239 e. The van der Waals surface area contributed by atoms with Crippen molar-refractivity contribution in [2.75, 3.05) is 19.3 Å². The van der Waals surface area contributed by atoms with Crippen LogP contribution in [0.2, 0.25) is 0 Å². The molecule has 0 spiro atoms. The number of nitrogens with one attached hydrogen (secondary N) is 1. The second-order valence-electron chi connectivity index (χ2n) is 4.79. The van der Waals surface area contributed by atoms with Crippen LogP contribution in [0.3, 0.4) is 0 Å². The van der Waals surface area contributed by atoms with Crippen LogP contribution < -0.4 is 5.32 Å². The third kappa shape index (κ3) is 5.13. The Labute approximate surface area is 138 Å². The lowest BCUT2D eigenvalue weighted by Crippen LogP contribution is -2.38. The normalized spacial score (nSPS) is 10.5. The Morgan fingerprint density at radius 1 is 1.48 bits per heavy atom. The zero-order valence-corrected chi connectivity index (χ0v) is 13.9. The van der Waals surface area contributed by atoms with E-state index < -0.39 is 0 Å². The van der Waals surface area contributed by atoms with Crippen LogP contribution in [0.5, 0.6) is 0 Å². The number of carbonyl (C=O) groups is 2. The summed E-state index contributed by atoms with van der Waals surface area (Å²) in [5.41, 5.74) is 0. The number of nitrogens with zero attached hydrogens (tertiary/aromatic N) is 4. The van der Waals surface area contributed by atoms with Crippen molar-refractivity contribution >= 4 is 23.6 Å². The van der Waals surface area contributed by atoms with E-state index in [-0.39, 0.29) is 24.1 Å². The van der Waals surface area contributed by atoms with E-state index in [1.165, 1.54) is 16.7 Å². The highest BCUT2D eigenvalue weighted by Crippen LogP contribution is 2.14. The van der Waals surface area contributed by atoms with Gasteiger partial charge in [0.2, 0.25) is 11.8 Å². The fraction of sp³-hybridized carbons (Fsp3) is 0.429. The van der Waals surface area contributed by atoms with E-state index in [0.717, 1.165) is 6.54 Å². The molecule has 2 rings (SSSR count). The lowest BCUT2D eigenvalue weighted by Gasteiger charge is -2.16. The van der Waals surface area contributed by atoms with Gasteiger partial charge >= 0.3 is 0 Å². The molecule has 2 aromatic heterocycles. The summed E-state index contributed by atoms with van der Waals surface area (Å²) in [5, 5.41) is 11.1. The topological polar surface area (TPSA) is 93.3 Å². The van der Waals surface area contributed by atoms with E-state index in [0.29, 0.717) is 17.5 Å². The second-order valence-corrected chi connectivity index (χ2v) is 5.74. The molecule has 2 aromatic rings. The van der Waals surface area contributed by atoms with Gasteiger partial charge in [0.05, 0.1) is 25.1 Å². The average molecular weight is 337 g/mol. The molecular weight excluding hydrogens is 318 g/mol. The third-order valence-corrected chi connectivity index (χ3v) is 4.06. The van der Waals surface area contributed by atoms with Crippen LogP contribution >= 0.6 is 11.8 Å². The molecule has 0 aliphatic heterocycles. The summed E-state index contributed by atoms with van der Waals surface area (Å²) in [6, 6.07) is 3.53. The Kier molecular flexibility index (Phi) is 6.21. The molecule has 0 fully saturated rings. The first-order valence-electron chi connectivity index (χ1n) is 7.13. The minimum Gasteiger partial charge on any atom is -0.467 e. The van der Waals surface area contributed by atoms with Gasteiger partial charge in [-0.25, -0.2) is 0 Å². The number of rotatable bonds is 8. The van der Waals surface area contributed by atoms with E-state index in [4.69, 9.17) is 4.42 Å². The van der Waals surface area contributed by atoms with Gasteiger partial charge in [0, 0.05) is 13.6 Å². The molecule has 8 nitrogen and oxygen atoms in total. The van der Waals surface area contributed by atoms with Crippen molar-refractivity contribution < 1.29 is 14.0 Å². The molecule has 0 aliphatic carbocycles. The molecule has 1 N–H and O–H groups in total. The molecular formula is C14H19N5O3S. The van der Waals surface area contributed by atoms with Gasteiger partial charge in [0.1, 0.15) is 12.1 Å². The van der Waals surface area contributed by atoms with Gasteiger partial charge in [-0.3, -0.25) is 9.59 Å². The SMILES string of the molecule is CCn1cnnc1SCC(=O)N(C)CC(=O)NCc1ccco1. The number of carbonyl (C=O) groups excluding carboxylic acids is 2. The number of furan rings is 1. The van der Waals surface area contributed by atoms with Crippen LogP contribution in [-0.2, 0) is 22.7 Å². The van der Waals surface area contributed by atoms with E-state index in [1.54, 1.807) is 31.8 Å². The first-order chi connectivity index (χ1) is 11.1. The summed E-state index contributed by atoms with van der Waals surface area (Å²) in [6.45, 7) is 3.03. The van der Waals surface area contributed by atoms with Crippen molar-refractivity contribution in [1.82, 2.24) is 25.0 Å². The Balaban J connectivity index is 1.72. The highest BCUT2D eigenvalue weighted by Gasteiger charge is 2.15. The minimum absolute atomic E-state index is 0.000566. The maximum atomic E-state index is 12.1. The van der Waals surface area contributed by atoms with Crippen molar-refractivity contribution in [3.63, 3.8) is 0 Å². The molecule has 0 atom stereocenters. The van der Waals surface area contributed by atoms with Crippen molar-refractivity contribution in [2.24, 2.45) is 0 Å². The fourth-order valence-electron chi connectivity index (χ4n) is 1.77. The molecule has 2 heterocycles. The van der Waals surface area contributed by atoms with Crippen LogP contribution in [0.15, 0.2) is 34.3 Å². The Morgan fingerprint density at radius 3 is 3.00 bits per heavy atom. The summed E-state index contributed by atoms with van der Waals surface area (Å²) in [7, 11) is 1.60. The van der Waals surface area contributed by atoms with Gasteiger partial charge in [0.25, 0.3) is 0 Å². The largest absolute Gasteiger partial charge is 0.467 e. The molecule has 0 unspecified atom stereocenters. The zero-order chi connectivity index (χ0) is 16.7. The van der Waals surface area contributed by atoms with Gasteiger partial charge in [-0.15, -0.1) is 10.2 Å². The second kappa shape index (κ2) is 8.37. The molecule has 2 amide bonds. The monoisotopic (exact) mass is 337 g/mol. The summed E-state index contributed by atoms with van der Waals surface area (Å²) in [5.74, 6) is 0.496. The zero-order valence-electron chi connectivity index (χ0n) is 13.1. The van der Waals surface area contributed by atoms with Gasteiger partial charge < -0.3 is 19.2 Å². The van der Waals surface area contributed by atoms with Gasteiger partial charge in [-0.05, 0) is 19.1 Å². The van der Waals surface area contributed by atoms with Crippen molar-refractivity contribution in [3.05, 3.63) is 30.5 Å². The third-order valence-electron chi connectivity index (χ3n) is 3.09. The number of aromatic nitrogens is 3. The molecule has 0 aliphatic rings. The molecule has 0 bridgehead atoms. The predicted molar refractivity (Wildman–Crippen MR) is 84.6 cm³/mol. The first-order valence-corrected chi connectivity index (χ1v) is 8.12.